The number of likely N-dealkylation sites (tertiary alicyclic amines) is 1. The summed E-state index contributed by atoms with van der Waals surface area (Å²) in [4.78, 5) is 19.5. The maximum absolute atomic E-state index is 14.3. The largest absolute Gasteiger partial charge is 0.501 e. The number of sulfone groups is 1. The van der Waals surface area contributed by atoms with Crippen molar-refractivity contribution in [1.29, 1.82) is 0 Å². The van der Waals surface area contributed by atoms with Crippen LogP contribution in [-0.4, -0.2) is 120 Å². The van der Waals surface area contributed by atoms with Gasteiger partial charge in [0.15, 0.2) is 0 Å². The minimum atomic E-state index is -6.07. The minimum absolute atomic E-state index is 0.0303. The van der Waals surface area contributed by atoms with Gasteiger partial charge in [-0.2, -0.15) is 13.2 Å². The second-order valence-electron chi connectivity index (χ2n) is 19.3. The van der Waals surface area contributed by atoms with Gasteiger partial charge in [0.05, 0.1) is 22.3 Å². The molecule has 3 saturated heterocycles. The molecule has 4 aromatic carbocycles. The van der Waals surface area contributed by atoms with Crippen molar-refractivity contribution >= 4 is 66.1 Å². The molecule has 5 aliphatic rings. The summed E-state index contributed by atoms with van der Waals surface area (Å²) in [5.74, 6) is -0.282. The highest BCUT2D eigenvalue weighted by atomic mass is 35.5. The summed E-state index contributed by atoms with van der Waals surface area (Å²) in [6, 6.07) is 24.9. The Morgan fingerprint density at radius 2 is 1.75 bits per heavy atom. The average molecular weight is 1010 g/mol. The Morgan fingerprint density at radius 3 is 2.47 bits per heavy atom. The Hall–Kier alpha value is -4.30. The van der Waals surface area contributed by atoms with E-state index in [0.717, 1.165) is 81.1 Å². The van der Waals surface area contributed by atoms with Crippen molar-refractivity contribution in [2.24, 2.45) is 5.41 Å². The van der Waals surface area contributed by atoms with Gasteiger partial charge in [-0.25, -0.2) is 21.6 Å². The normalized spacial score (nSPS) is 22.3. The number of piperazine rings is 2. The number of nitrogens with zero attached hydrogens (tertiary/aromatic N) is 3. The van der Waals surface area contributed by atoms with Gasteiger partial charge < -0.3 is 20.3 Å². The monoisotopic (exact) mass is 1010 g/mol. The van der Waals surface area contributed by atoms with Crippen LogP contribution in [0.15, 0.2) is 111 Å². The molecule has 3 fully saturated rings. The standard InChI is InChI=1S/C49H56ClF3N6O6S3/c1-48(2)18-16-42(32-8-11-35(50)12-9-32)34(25-48)27-57-20-21-59-39(29-57)30-65-45-22-33(10-15-44(45)59)47(60)56-68(63,64)41-13-14-43(46(24-41)67(61,62)49(51,52)53)55-36(31-66-40-6-4-3-5-7-40)17-19-58-28-37-23-38(58)26-54-37/h3-15,22,24,36-39,54-55H,16-21,23,25-31H2,1-2H3,(H,56,60)/t36-,37-,38-,39+/m1/s1. The van der Waals surface area contributed by atoms with Crippen LogP contribution in [0.5, 0.6) is 5.75 Å². The first kappa shape index (κ1) is 48.7. The maximum Gasteiger partial charge on any atom is 0.501 e. The van der Waals surface area contributed by atoms with Crippen LogP contribution in [0.1, 0.15) is 61.9 Å². The molecule has 1 amide bonds. The van der Waals surface area contributed by atoms with Crippen molar-refractivity contribution in [3.8, 4) is 5.75 Å². The number of allylic oxidation sites excluding steroid dienone is 1. The number of halogens is 4. The number of hydrogen-bond donors (Lipinski definition) is 3. The van der Waals surface area contributed by atoms with Crippen molar-refractivity contribution in [2.75, 3.05) is 68.4 Å². The predicted octanol–water partition coefficient (Wildman–Crippen LogP) is 8.31. The van der Waals surface area contributed by atoms with E-state index < -0.39 is 47.1 Å². The molecule has 4 heterocycles. The van der Waals surface area contributed by atoms with E-state index in [4.69, 9.17) is 16.3 Å². The first-order valence-electron chi connectivity index (χ1n) is 23.0. The van der Waals surface area contributed by atoms with Crippen LogP contribution >= 0.6 is 23.4 Å². The number of hydrogen-bond acceptors (Lipinski definition) is 12. The molecule has 0 saturated carbocycles. The number of carbonyl (C=O) groups excluding carboxylic acids is 1. The zero-order valence-electron chi connectivity index (χ0n) is 37.9. The summed E-state index contributed by atoms with van der Waals surface area (Å²) in [7, 11) is -11.0. The molecule has 1 aliphatic carbocycles. The first-order valence-corrected chi connectivity index (χ1v) is 27.3. The summed E-state index contributed by atoms with van der Waals surface area (Å²) in [5, 5.41) is 7.20. The smallest absolute Gasteiger partial charge is 0.489 e. The lowest BCUT2D eigenvalue weighted by molar-refractivity contribution is -0.0435. The number of fused-ring (bicyclic) bond motifs is 5. The van der Waals surface area contributed by atoms with Crippen LogP contribution in [0.3, 0.4) is 0 Å². The number of alkyl halides is 3. The molecule has 364 valence electrons. The minimum Gasteiger partial charge on any atom is -0.489 e. The molecule has 19 heteroatoms. The second kappa shape index (κ2) is 19.5. The average Bonchev–Trinajstić information content (AvgIpc) is 3.94. The Kier molecular flexibility index (Phi) is 14.0. The Labute approximate surface area is 406 Å². The molecule has 4 aliphatic heterocycles. The van der Waals surface area contributed by atoms with Crippen molar-refractivity contribution in [1.82, 2.24) is 19.8 Å². The predicted molar refractivity (Wildman–Crippen MR) is 261 cm³/mol. The summed E-state index contributed by atoms with van der Waals surface area (Å²) in [6.45, 7) is 10.4. The van der Waals surface area contributed by atoms with E-state index in [9.17, 15) is 34.8 Å². The Bertz CT molecular complexity index is 2780. The van der Waals surface area contributed by atoms with Crippen LogP contribution in [0.25, 0.3) is 5.57 Å². The fourth-order valence-electron chi connectivity index (χ4n) is 10.3. The zero-order valence-corrected chi connectivity index (χ0v) is 41.1. The van der Waals surface area contributed by atoms with E-state index in [1.54, 1.807) is 6.07 Å². The highest BCUT2D eigenvalue weighted by molar-refractivity contribution is 7.99. The van der Waals surface area contributed by atoms with E-state index in [1.165, 1.54) is 40.6 Å². The van der Waals surface area contributed by atoms with Gasteiger partial charge in [0, 0.05) is 85.2 Å². The quantitative estimate of drug-likeness (QED) is 0.0988. The topological polar surface area (TPSA) is 140 Å². The molecule has 0 unspecified atom stereocenters. The highest BCUT2D eigenvalue weighted by Crippen LogP contribution is 2.44. The molecule has 0 radical (unpaired) electrons. The lowest BCUT2D eigenvalue weighted by atomic mass is 9.72. The van der Waals surface area contributed by atoms with E-state index in [2.05, 4.69) is 51.3 Å². The van der Waals surface area contributed by atoms with Crippen LogP contribution in [0.2, 0.25) is 5.02 Å². The number of nitrogens with one attached hydrogen (secondary N) is 3. The fraction of sp³-hybridized carbons (Fsp3) is 0.449. The third kappa shape index (κ3) is 10.7. The lowest BCUT2D eigenvalue weighted by Gasteiger charge is -2.46. The number of ether oxygens (including phenoxy) is 1. The summed E-state index contributed by atoms with van der Waals surface area (Å²) in [6.07, 6.45) is 4.60. The maximum atomic E-state index is 14.3. The van der Waals surface area contributed by atoms with Crippen molar-refractivity contribution in [3.63, 3.8) is 0 Å². The van der Waals surface area contributed by atoms with Crippen LogP contribution < -0.4 is 25.0 Å². The summed E-state index contributed by atoms with van der Waals surface area (Å²) in [5.41, 5.74) is -1.22. The molecule has 68 heavy (non-hydrogen) atoms. The van der Waals surface area contributed by atoms with Crippen LogP contribution in [0, 0.1) is 5.41 Å². The van der Waals surface area contributed by atoms with Crippen molar-refractivity contribution in [2.45, 2.75) is 90.3 Å². The van der Waals surface area contributed by atoms with Gasteiger partial charge in [0.1, 0.15) is 17.3 Å². The van der Waals surface area contributed by atoms with Gasteiger partial charge in [0.25, 0.3) is 25.8 Å². The molecule has 3 N–H and O–H groups in total. The molecule has 9 rings (SSSR count). The summed E-state index contributed by atoms with van der Waals surface area (Å²) >= 11 is 7.69. The van der Waals surface area contributed by atoms with Gasteiger partial charge in [0.2, 0.25) is 0 Å². The third-order valence-electron chi connectivity index (χ3n) is 13.9. The molecule has 2 bridgehead atoms. The fourth-order valence-corrected chi connectivity index (χ4v) is 13.4. The van der Waals surface area contributed by atoms with Gasteiger partial charge in [-0.1, -0.05) is 61.4 Å². The van der Waals surface area contributed by atoms with Crippen LogP contribution in [-0.2, 0) is 19.9 Å². The molecule has 12 nitrogen and oxygen atoms in total. The Balaban J connectivity index is 0.892. The van der Waals surface area contributed by atoms with E-state index in [-0.39, 0.29) is 22.7 Å². The number of sulfonamides is 1. The highest BCUT2D eigenvalue weighted by Gasteiger charge is 2.49. The van der Waals surface area contributed by atoms with Gasteiger partial charge in [-0.15, -0.1) is 11.8 Å². The molecule has 4 aromatic rings. The number of thioether (sulfide) groups is 1. The molecular weight excluding hydrogens is 957 g/mol. The van der Waals surface area contributed by atoms with Gasteiger partial charge >= 0.3 is 5.51 Å². The third-order valence-corrected chi connectivity index (χ3v) is 18.2. The molecule has 0 aromatic heterocycles. The molecule has 0 spiro atoms. The number of anilines is 2. The number of benzene rings is 4. The Morgan fingerprint density at radius 1 is 0.971 bits per heavy atom. The number of carbonyl (C=O) groups is 1. The van der Waals surface area contributed by atoms with Crippen LogP contribution in [0.4, 0.5) is 24.5 Å². The van der Waals surface area contributed by atoms with E-state index in [1.807, 2.05) is 47.2 Å². The van der Waals surface area contributed by atoms with E-state index >= 15 is 0 Å². The van der Waals surface area contributed by atoms with E-state index in [0.29, 0.717) is 60.8 Å². The van der Waals surface area contributed by atoms with Gasteiger partial charge in [-0.05, 0) is 109 Å². The lowest BCUT2D eigenvalue weighted by Crippen LogP contribution is -2.57. The number of amides is 1. The SMILES string of the molecule is CC1(C)CCC(c2ccc(Cl)cc2)=C(CN2CCN3c4ccc(C(=O)NS(=O)(=O)c5ccc(N[C@H](CCN6C[C@H]7C[C@@H]6CN7)CSc6ccccc6)c(S(=O)(=O)C(F)(F)F)c5)cc4OC[C@@H]3C2)C1. The second-order valence-corrected chi connectivity index (χ2v) is 24.4. The number of rotatable bonds is 15. The molecular formula is C49H56ClF3N6O6S3. The van der Waals surface area contributed by atoms with Gasteiger partial charge in [-0.3, -0.25) is 14.6 Å². The summed E-state index contributed by atoms with van der Waals surface area (Å²) < 4.78 is 105. The molecule has 4 atom stereocenters. The zero-order chi connectivity index (χ0) is 48.0. The first-order chi connectivity index (χ1) is 32.3. The van der Waals surface area contributed by atoms with Crippen molar-refractivity contribution < 1.29 is 39.5 Å². The van der Waals surface area contributed by atoms with Crippen molar-refractivity contribution in [3.05, 3.63) is 113 Å².